The second-order valence-electron chi connectivity index (χ2n) is 9.64. The molecule has 0 saturated carbocycles. The molecule has 0 aliphatic rings. The van der Waals surface area contributed by atoms with E-state index in [1.54, 1.807) is 30.1 Å². The first-order valence-electron chi connectivity index (χ1n) is 12.8. The summed E-state index contributed by atoms with van der Waals surface area (Å²) in [6.07, 6.45) is 1.84. The van der Waals surface area contributed by atoms with E-state index in [1.807, 2.05) is 68.4 Å². The lowest BCUT2D eigenvalue weighted by molar-refractivity contribution is -0.141. The Balaban J connectivity index is 1.87. The number of hydrogen-bond donors (Lipinski definition) is 1. The van der Waals surface area contributed by atoms with Crippen molar-refractivity contribution in [3.05, 3.63) is 100 Å². The molecule has 0 unspecified atom stereocenters. The summed E-state index contributed by atoms with van der Waals surface area (Å²) in [5.41, 5.74) is 4.15. The number of benzene rings is 3. The van der Waals surface area contributed by atoms with Crippen LogP contribution in [0.4, 0.5) is 5.69 Å². The zero-order chi connectivity index (χ0) is 28.6. The second-order valence-corrected chi connectivity index (χ2v) is 12.0. The molecule has 3 aromatic carbocycles. The molecule has 1 atom stereocenters. The highest BCUT2D eigenvalue weighted by molar-refractivity contribution is 7.92. The number of rotatable bonds is 12. The monoisotopic (exact) mass is 569 g/mol. The first-order chi connectivity index (χ1) is 18.5. The van der Waals surface area contributed by atoms with E-state index < -0.39 is 16.1 Å². The van der Waals surface area contributed by atoms with Gasteiger partial charge in [0.25, 0.3) is 0 Å². The highest BCUT2D eigenvalue weighted by atomic mass is 35.5. The molecule has 0 saturated heterocycles. The minimum Gasteiger partial charge on any atom is -0.357 e. The number of aryl methyl sites for hydroxylation is 2. The van der Waals surface area contributed by atoms with Gasteiger partial charge in [-0.1, -0.05) is 72.3 Å². The van der Waals surface area contributed by atoms with Crippen molar-refractivity contribution in [2.75, 3.05) is 24.2 Å². The smallest absolute Gasteiger partial charge is 0.242 e. The van der Waals surface area contributed by atoms with E-state index in [-0.39, 0.29) is 37.7 Å². The van der Waals surface area contributed by atoms with Crippen molar-refractivity contribution in [3.8, 4) is 0 Å². The largest absolute Gasteiger partial charge is 0.357 e. The van der Waals surface area contributed by atoms with Gasteiger partial charge in [0.2, 0.25) is 21.8 Å². The molecule has 0 spiro atoms. The van der Waals surface area contributed by atoms with Crippen LogP contribution in [0.2, 0.25) is 5.02 Å². The second kappa shape index (κ2) is 13.6. The first kappa shape index (κ1) is 30.2. The van der Waals surface area contributed by atoms with E-state index in [0.29, 0.717) is 17.1 Å². The molecule has 208 valence electrons. The van der Waals surface area contributed by atoms with Crippen LogP contribution in [0.1, 0.15) is 35.1 Å². The summed E-state index contributed by atoms with van der Waals surface area (Å²) in [5.74, 6) is -0.479. The molecule has 3 rings (SSSR count). The van der Waals surface area contributed by atoms with E-state index in [9.17, 15) is 18.0 Å². The lowest BCUT2D eigenvalue weighted by Gasteiger charge is -2.32. The molecule has 0 aromatic heterocycles. The Labute approximate surface area is 236 Å². The first-order valence-corrected chi connectivity index (χ1v) is 15.1. The van der Waals surface area contributed by atoms with Gasteiger partial charge in [0.15, 0.2) is 0 Å². The van der Waals surface area contributed by atoms with Gasteiger partial charge >= 0.3 is 0 Å². The number of anilines is 1. The van der Waals surface area contributed by atoms with Crippen LogP contribution in [0.3, 0.4) is 0 Å². The molecular weight excluding hydrogens is 534 g/mol. The Morgan fingerprint density at radius 3 is 2.26 bits per heavy atom. The van der Waals surface area contributed by atoms with Crippen molar-refractivity contribution in [3.63, 3.8) is 0 Å². The Hall–Kier alpha value is -3.36. The molecule has 7 nitrogen and oxygen atoms in total. The third kappa shape index (κ3) is 8.31. The number of hydrogen-bond acceptors (Lipinski definition) is 4. The number of nitrogens with zero attached hydrogens (tertiary/aromatic N) is 2. The summed E-state index contributed by atoms with van der Waals surface area (Å²) >= 11 is 6.15. The van der Waals surface area contributed by atoms with Gasteiger partial charge in [0, 0.05) is 38.0 Å². The summed E-state index contributed by atoms with van der Waals surface area (Å²) in [4.78, 5) is 28.5. The van der Waals surface area contributed by atoms with Crippen LogP contribution in [0.5, 0.6) is 0 Å². The molecule has 39 heavy (non-hydrogen) atoms. The van der Waals surface area contributed by atoms with Crippen LogP contribution in [0.15, 0.2) is 72.8 Å². The van der Waals surface area contributed by atoms with Crippen LogP contribution < -0.4 is 9.62 Å². The van der Waals surface area contributed by atoms with Gasteiger partial charge in [-0.2, -0.15) is 0 Å². The Kier molecular flexibility index (Phi) is 10.5. The number of sulfonamides is 1. The van der Waals surface area contributed by atoms with E-state index in [4.69, 9.17) is 11.6 Å². The normalized spacial score (nSPS) is 12.0. The SMILES string of the molecule is CNC(=O)[C@H](Cc1ccccc1)N(Cc1ccccc1C)C(=O)CCCN(c1cc(Cl)ccc1C)S(C)(=O)=O. The highest BCUT2D eigenvalue weighted by Crippen LogP contribution is 2.27. The van der Waals surface area contributed by atoms with Gasteiger partial charge in [0.05, 0.1) is 11.9 Å². The summed E-state index contributed by atoms with van der Waals surface area (Å²) in [6.45, 7) is 4.16. The summed E-state index contributed by atoms with van der Waals surface area (Å²) in [5, 5.41) is 3.15. The van der Waals surface area contributed by atoms with Gasteiger partial charge < -0.3 is 10.2 Å². The minimum absolute atomic E-state index is 0.0692. The zero-order valence-electron chi connectivity index (χ0n) is 22.9. The molecule has 0 heterocycles. The quantitative estimate of drug-likeness (QED) is 0.336. The predicted octanol–water partition coefficient (Wildman–Crippen LogP) is 4.89. The number of nitrogens with one attached hydrogen (secondary N) is 1. The number of likely N-dealkylation sites (N-methyl/N-ethyl adjacent to an activating group) is 1. The molecular formula is C30H36ClN3O4S. The fraction of sp³-hybridized carbons (Fsp3) is 0.333. The lowest BCUT2D eigenvalue weighted by Crippen LogP contribution is -2.50. The fourth-order valence-corrected chi connectivity index (χ4v) is 5.71. The summed E-state index contributed by atoms with van der Waals surface area (Å²) in [7, 11) is -2.05. The van der Waals surface area contributed by atoms with Crippen LogP contribution in [0.25, 0.3) is 0 Å². The molecule has 2 amide bonds. The minimum atomic E-state index is -3.62. The van der Waals surface area contributed by atoms with Crippen LogP contribution >= 0.6 is 11.6 Å². The molecule has 0 fully saturated rings. The number of carbonyl (C=O) groups is 2. The molecule has 1 N–H and O–H groups in total. The van der Waals surface area contributed by atoms with Gasteiger partial charge in [-0.05, 0) is 54.7 Å². The van der Waals surface area contributed by atoms with Crippen molar-refractivity contribution >= 4 is 39.1 Å². The van der Waals surface area contributed by atoms with Crippen molar-refractivity contribution in [1.29, 1.82) is 0 Å². The Morgan fingerprint density at radius 1 is 0.949 bits per heavy atom. The van der Waals surface area contributed by atoms with Crippen molar-refractivity contribution in [1.82, 2.24) is 10.2 Å². The molecule has 0 aliphatic heterocycles. The average Bonchev–Trinajstić information content (AvgIpc) is 2.90. The predicted molar refractivity (Wildman–Crippen MR) is 157 cm³/mol. The van der Waals surface area contributed by atoms with Gasteiger partial charge in [-0.25, -0.2) is 8.42 Å². The fourth-order valence-electron chi connectivity index (χ4n) is 4.53. The summed E-state index contributed by atoms with van der Waals surface area (Å²) < 4.78 is 26.6. The van der Waals surface area contributed by atoms with Gasteiger partial charge in [0.1, 0.15) is 6.04 Å². The van der Waals surface area contributed by atoms with E-state index in [1.165, 1.54) is 4.31 Å². The maximum atomic E-state index is 13.8. The molecule has 3 aromatic rings. The third-order valence-corrected chi connectivity index (χ3v) is 8.13. The summed E-state index contributed by atoms with van der Waals surface area (Å²) in [6, 6.07) is 21.7. The van der Waals surface area contributed by atoms with Crippen LogP contribution in [-0.4, -0.2) is 51.0 Å². The number of carbonyl (C=O) groups excluding carboxylic acids is 2. The molecule has 9 heteroatoms. The van der Waals surface area contributed by atoms with Gasteiger partial charge in [-0.15, -0.1) is 0 Å². The molecule has 0 aliphatic carbocycles. The zero-order valence-corrected chi connectivity index (χ0v) is 24.4. The number of amides is 2. The third-order valence-electron chi connectivity index (χ3n) is 6.71. The maximum Gasteiger partial charge on any atom is 0.242 e. The van der Waals surface area contributed by atoms with Crippen molar-refractivity contribution in [2.45, 2.75) is 45.7 Å². The Morgan fingerprint density at radius 2 is 1.62 bits per heavy atom. The molecule has 0 bridgehead atoms. The van der Waals surface area contributed by atoms with Crippen molar-refractivity contribution in [2.24, 2.45) is 0 Å². The van der Waals surface area contributed by atoms with E-state index in [0.717, 1.165) is 28.5 Å². The Bertz CT molecular complexity index is 1400. The van der Waals surface area contributed by atoms with E-state index >= 15 is 0 Å². The lowest BCUT2D eigenvalue weighted by atomic mass is 10.0. The highest BCUT2D eigenvalue weighted by Gasteiger charge is 2.30. The maximum absolute atomic E-state index is 13.8. The average molecular weight is 570 g/mol. The van der Waals surface area contributed by atoms with Gasteiger partial charge in [-0.3, -0.25) is 13.9 Å². The topological polar surface area (TPSA) is 86.8 Å². The van der Waals surface area contributed by atoms with E-state index in [2.05, 4.69) is 5.32 Å². The number of halogens is 1. The van der Waals surface area contributed by atoms with Crippen LogP contribution in [0, 0.1) is 13.8 Å². The standard InChI is InChI=1S/C30H36ClN3O4S/c1-22-11-8-9-14-25(22)21-33(28(30(36)32-3)19-24-12-6-5-7-13-24)29(35)15-10-18-34(39(4,37)38)27-20-26(31)17-16-23(27)2/h5-9,11-14,16-17,20,28H,10,15,18-19,21H2,1-4H3,(H,32,36)/t28-/m0/s1. The van der Waals surface area contributed by atoms with Crippen LogP contribution in [-0.2, 0) is 32.6 Å². The van der Waals surface area contributed by atoms with Crippen molar-refractivity contribution < 1.29 is 18.0 Å². The molecule has 0 radical (unpaired) electrons.